The van der Waals surface area contributed by atoms with Crippen LogP contribution in [0.25, 0.3) is 0 Å². The van der Waals surface area contributed by atoms with Gasteiger partial charge in [-0.15, -0.1) is 0 Å². The lowest BCUT2D eigenvalue weighted by molar-refractivity contribution is 0.106. The molecule has 0 saturated heterocycles. The molecule has 4 rings (SSSR count). The Hall–Kier alpha value is -1.63. The van der Waals surface area contributed by atoms with Crippen LogP contribution in [0.1, 0.15) is 25.0 Å². The molecule has 1 atom stereocenters. The van der Waals surface area contributed by atoms with Crippen molar-refractivity contribution in [3.8, 4) is 0 Å². The van der Waals surface area contributed by atoms with E-state index in [0.29, 0.717) is 24.6 Å². The third kappa shape index (κ3) is 4.03. The summed E-state index contributed by atoms with van der Waals surface area (Å²) < 4.78 is 35.9. The summed E-state index contributed by atoms with van der Waals surface area (Å²) in [6.07, 6.45) is 5.51. The van der Waals surface area contributed by atoms with E-state index in [0.717, 1.165) is 31.2 Å². The quantitative estimate of drug-likeness (QED) is 0.700. The normalized spacial score (nSPS) is 21.3. The molecule has 2 aromatic rings. The monoisotopic (exact) mass is 374 g/mol. The zero-order valence-electron chi connectivity index (χ0n) is 15.0. The van der Waals surface area contributed by atoms with E-state index in [1.165, 1.54) is 12.8 Å². The molecular weight excluding hydrogens is 348 g/mol. The Labute approximate surface area is 155 Å². The number of rotatable bonds is 7. The minimum Gasteiger partial charge on any atom is -0.381 e. The molecule has 26 heavy (non-hydrogen) atoms. The van der Waals surface area contributed by atoms with Gasteiger partial charge in [-0.2, -0.15) is 4.31 Å². The third-order valence-corrected chi connectivity index (χ3v) is 7.11. The van der Waals surface area contributed by atoms with Crippen LogP contribution in [0.15, 0.2) is 53.6 Å². The average Bonchev–Trinajstić information content (AvgIpc) is 3.41. The minimum absolute atomic E-state index is 0.251. The molecular formula is C20H26N2O3S. The molecule has 0 amide bonds. The molecule has 1 aromatic heterocycles. The van der Waals surface area contributed by atoms with Crippen LogP contribution in [0.2, 0.25) is 0 Å². The Morgan fingerprint density at radius 2 is 1.81 bits per heavy atom. The van der Waals surface area contributed by atoms with Gasteiger partial charge in [-0.05, 0) is 55.4 Å². The smallest absolute Gasteiger partial charge is 0.243 e. The summed E-state index contributed by atoms with van der Waals surface area (Å²) in [4.78, 5) is 0.365. The molecule has 2 aliphatic rings. The number of ether oxygens (including phenoxy) is 1. The number of fused-ring (bicyclic) bond motifs is 1. The van der Waals surface area contributed by atoms with Crippen LogP contribution in [0.5, 0.6) is 0 Å². The van der Waals surface area contributed by atoms with Crippen molar-refractivity contribution in [1.29, 1.82) is 0 Å². The SMILES string of the molecule is O=S(=O)(c1ccccc1)N1Cc2cccn2C[C@@H](CCOCC2CC2)C1. The van der Waals surface area contributed by atoms with Crippen molar-refractivity contribution in [2.24, 2.45) is 11.8 Å². The number of hydrogen-bond acceptors (Lipinski definition) is 3. The van der Waals surface area contributed by atoms with E-state index >= 15 is 0 Å². The summed E-state index contributed by atoms with van der Waals surface area (Å²) in [5, 5.41) is 0. The Morgan fingerprint density at radius 3 is 2.58 bits per heavy atom. The Kier molecular flexibility index (Phi) is 5.16. The van der Waals surface area contributed by atoms with Gasteiger partial charge >= 0.3 is 0 Å². The van der Waals surface area contributed by atoms with Gasteiger partial charge in [-0.1, -0.05) is 18.2 Å². The van der Waals surface area contributed by atoms with Gasteiger partial charge in [0.15, 0.2) is 0 Å². The molecule has 0 unspecified atom stereocenters. The van der Waals surface area contributed by atoms with Crippen LogP contribution in [0, 0.1) is 11.8 Å². The van der Waals surface area contributed by atoms with E-state index in [2.05, 4.69) is 4.57 Å². The summed E-state index contributed by atoms with van der Waals surface area (Å²) in [6, 6.07) is 12.7. The van der Waals surface area contributed by atoms with E-state index < -0.39 is 10.0 Å². The van der Waals surface area contributed by atoms with Crippen LogP contribution < -0.4 is 0 Å². The van der Waals surface area contributed by atoms with Crippen molar-refractivity contribution in [3.05, 3.63) is 54.4 Å². The van der Waals surface area contributed by atoms with Crippen molar-refractivity contribution >= 4 is 10.0 Å². The fraction of sp³-hybridized carbons (Fsp3) is 0.500. The van der Waals surface area contributed by atoms with Gasteiger partial charge in [0.2, 0.25) is 10.0 Å². The first-order chi connectivity index (χ1) is 12.6. The third-order valence-electron chi connectivity index (χ3n) is 5.28. The number of aromatic nitrogens is 1. The fourth-order valence-corrected chi connectivity index (χ4v) is 5.04. The number of benzene rings is 1. The van der Waals surface area contributed by atoms with Gasteiger partial charge in [-0.3, -0.25) is 0 Å². The number of nitrogens with zero attached hydrogens (tertiary/aromatic N) is 2. The first-order valence-corrected chi connectivity index (χ1v) is 10.8. The maximum atomic E-state index is 13.1. The van der Waals surface area contributed by atoms with Crippen molar-refractivity contribution in [3.63, 3.8) is 0 Å². The lowest BCUT2D eigenvalue weighted by Crippen LogP contribution is -2.34. The zero-order valence-corrected chi connectivity index (χ0v) is 15.8. The van der Waals surface area contributed by atoms with Crippen LogP contribution >= 0.6 is 0 Å². The van der Waals surface area contributed by atoms with Gasteiger partial charge in [0.05, 0.1) is 11.4 Å². The first kappa shape index (κ1) is 17.8. The second-order valence-corrected chi connectivity index (χ2v) is 9.37. The van der Waals surface area contributed by atoms with E-state index in [-0.39, 0.29) is 5.92 Å². The lowest BCUT2D eigenvalue weighted by atomic mass is 10.1. The molecule has 6 heteroatoms. The number of sulfonamides is 1. The summed E-state index contributed by atoms with van der Waals surface area (Å²) >= 11 is 0. The van der Waals surface area contributed by atoms with Crippen LogP contribution in [-0.2, 0) is 27.8 Å². The van der Waals surface area contributed by atoms with Crippen LogP contribution in [0.4, 0.5) is 0 Å². The van der Waals surface area contributed by atoms with Gasteiger partial charge in [-0.25, -0.2) is 8.42 Å². The van der Waals surface area contributed by atoms with E-state index in [1.807, 2.05) is 24.4 Å². The minimum atomic E-state index is -3.49. The van der Waals surface area contributed by atoms with Crippen LogP contribution in [0.3, 0.4) is 0 Å². The Bertz CT molecular complexity index is 828. The Morgan fingerprint density at radius 1 is 1.00 bits per heavy atom. The lowest BCUT2D eigenvalue weighted by Gasteiger charge is -2.23. The molecule has 2 heterocycles. The van der Waals surface area contributed by atoms with Gasteiger partial charge in [0.1, 0.15) is 0 Å². The maximum absolute atomic E-state index is 13.1. The largest absolute Gasteiger partial charge is 0.381 e. The second kappa shape index (κ2) is 7.55. The van der Waals surface area contributed by atoms with Gasteiger partial charge in [0.25, 0.3) is 0 Å². The molecule has 1 aliphatic heterocycles. The highest BCUT2D eigenvalue weighted by molar-refractivity contribution is 7.89. The second-order valence-electron chi connectivity index (χ2n) is 7.44. The molecule has 140 valence electrons. The van der Waals surface area contributed by atoms with Crippen molar-refractivity contribution in [2.75, 3.05) is 19.8 Å². The molecule has 0 bridgehead atoms. The molecule has 0 spiro atoms. The average molecular weight is 375 g/mol. The van der Waals surface area contributed by atoms with Crippen molar-refractivity contribution in [2.45, 2.75) is 37.2 Å². The van der Waals surface area contributed by atoms with Crippen molar-refractivity contribution in [1.82, 2.24) is 8.87 Å². The van der Waals surface area contributed by atoms with E-state index in [1.54, 1.807) is 28.6 Å². The molecule has 1 aliphatic carbocycles. The predicted octanol–water partition coefficient (Wildman–Crippen LogP) is 3.13. The summed E-state index contributed by atoms with van der Waals surface area (Å²) in [7, 11) is -3.49. The summed E-state index contributed by atoms with van der Waals surface area (Å²) in [5.74, 6) is 1.01. The highest BCUT2D eigenvalue weighted by Crippen LogP contribution is 2.29. The topological polar surface area (TPSA) is 51.5 Å². The highest BCUT2D eigenvalue weighted by atomic mass is 32.2. The van der Waals surface area contributed by atoms with Crippen LogP contribution in [-0.4, -0.2) is 37.0 Å². The van der Waals surface area contributed by atoms with E-state index in [9.17, 15) is 8.42 Å². The first-order valence-electron chi connectivity index (χ1n) is 9.40. The van der Waals surface area contributed by atoms with E-state index in [4.69, 9.17) is 4.74 Å². The summed E-state index contributed by atoms with van der Waals surface area (Å²) in [5.41, 5.74) is 1.05. The standard InChI is InChI=1S/C20H26N2O3S/c23-26(24,20-6-2-1-3-7-20)22-14-18(10-12-25-16-17-8-9-17)13-21-11-4-5-19(21)15-22/h1-7,11,17-18H,8-10,12-16H2/t18-/m1/s1. The molecule has 1 saturated carbocycles. The molecule has 0 N–H and O–H groups in total. The zero-order chi connectivity index (χ0) is 18.0. The predicted molar refractivity (Wildman–Crippen MR) is 100 cm³/mol. The maximum Gasteiger partial charge on any atom is 0.243 e. The fourth-order valence-electron chi connectivity index (χ4n) is 3.53. The van der Waals surface area contributed by atoms with Gasteiger partial charge < -0.3 is 9.30 Å². The van der Waals surface area contributed by atoms with Crippen molar-refractivity contribution < 1.29 is 13.2 Å². The molecule has 0 radical (unpaired) electrons. The number of hydrogen-bond donors (Lipinski definition) is 0. The summed E-state index contributed by atoms with van der Waals surface area (Å²) in [6.45, 7) is 3.36. The highest BCUT2D eigenvalue weighted by Gasteiger charge is 2.31. The Balaban J connectivity index is 1.50. The molecule has 1 aromatic carbocycles. The molecule has 1 fully saturated rings. The molecule has 5 nitrogen and oxygen atoms in total. The van der Waals surface area contributed by atoms with Gasteiger partial charge in [0, 0.05) is 38.2 Å².